The van der Waals surface area contributed by atoms with Gasteiger partial charge in [-0.05, 0) is 12.8 Å². The minimum Gasteiger partial charge on any atom is -0.480 e. The number of rotatable bonds is 10. The van der Waals surface area contributed by atoms with E-state index in [0.29, 0.717) is 12.8 Å². The van der Waals surface area contributed by atoms with E-state index in [9.17, 15) is 9.59 Å². The van der Waals surface area contributed by atoms with Gasteiger partial charge in [-0.25, -0.2) is 4.79 Å². The van der Waals surface area contributed by atoms with Crippen molar-refractivity contribution < 1.29 is 14.7 Å². The van der Waals surface area contributed by atoms with Gasteiger partial charge in [0, 0.05) is 6.42 Å². The van der Waals surface area contributed by atoms with Crippen LogP contribution in [0.25, 0.3) is 0 Å². The molecule has 0 radical (unpaired) electrons. The zero-order valence-electron chi connectivity index (χ0n) is 11.0. The van der Waals surface area contributed by atoms with Gasteiger partial charge < -0.3 is 10.4 Å². The molecule has 0 fully saturated rings. The standard InChI is InChI=1S/C13H25NO3/c1-3-5-6-7-8-10-12(15)14-11(9-4-2)13(16)17/h11H,3-10H2,1-2H3,(H,14,15)(H,16,17)/t11-/m1/s1. The highest BCUT2D eigenvalue weighted by atomic mass is 16.4. The maximum atomic E-state index is 11.5. The molecular weight excluding hydrogens is 218 g/mol. The molecule has 0 aliphatic carbocycles. The molecule has 17 heavy (non-hydrogen) atoms. The van der Waals surface area contributed by atoms with Crippen LogP contribution in [0.5, 0.6) is 0 Å². The highest BCUT2D eigenvalue weighted by Crippen LogP contribution is 2.05. The summed E-state index contributed by atoms with van der Waals surface area (Å²) in [7, 11) is 0. The molecule has 0 aromatic rings. The molecule has 0 aliphatic rings. The molecule has 0 unspecified atom stereocenters. The Bertz CT molecular complexity index is 229. The van der Waals surface area contributed by atoms with Crippen molar-refractivity contribution in [2.24, 2.45) is 0 Å². The number of amides is 1. The third-order valence-electron chi connectivity index (χ3n) is 2.72. The molecule has 100 valence electrons. The Morgan fingerprint density at radius 1 is 1.06 bits per heavy atom. The van der Waals surface area contributed by atoms with E-state index < -0.39 is 12.0 Å². The van der Waals surface area contributed by atoms with Crippen LogP contribution in [-0.4, -0.2) is 23.0 Å². The third-order valence-corrected chi connectivity index (χ3v) is 2.72. The highest BCUT2D eigenvalue weighted by Gasteiger charge is 2.17. The number of unbranched alkanes of at least 4 members (excludes halogenated alkanes) is 4. The van der Waals surface area contributed by atoms with Crippen molar-refractivity contribution in [3.05, 3.63) is 0 Å². The van der Waals surface area contributed by atoms with Gasteiger partial charge in [-0.3, -0.25) is 4.79 Å². The molecule has 0 bridgehead atoms. The third kappa shape index (κ3) is 8.72. The topological polar surface area (TPSA) is 66.4 Å². The lowest BCUT2D eigenvalue weighted by molar-refractivity contribution is -0.142. The van der Waals surface area contributed by atoms with E-state index in [-0.39, 0.29) is 5.91 Å². The van der Waals surface area contributed by atoms with Crippen LogP contribution in [0.4, 0.5) is 0 Å². The first-order valence-corrected chi connectivity index (χ1v) is 6.64. The number of carboxylic acids is 1. The van der Waals surface area contributed by atoms with Crippen LogP contribution in [0.2, 0.25) is 0 Å². The van der Waals surface area contributed by atoms with Gasteiger partial charge in [0.1, 0.15) is 6.04 Å². The van der Waals surface area contributed by atoms with Crippen LogP contribution >= 0.6 is 0 Å². The van der Waals surface area contributed by atoms with Gasteiger partial charge in [-0.1, -0.05) is 46.0 Å². The maximum absolute atomic E-state index is 11.5. The summed E-state index contributed by atoms with van der Waals surface area (Å²) >= 11 is 0. The molecule has 0 aliphatic heterocycles. The number of hydrogen-bond acceptors (Lipinski definition) is 2. The molecule has 0 rings (SSSR count). The van der Waals surface area contributed by atoms with Gasteiger partial charge in [-0.15, -0.1) is 0 Å². The van der Waals surface area contributed by atoms with Crippen molar-refractivity contribution >= 4 is 11.9 Å². The number of aliphatic carboxylic acids is 1. The van der Waals surface area contributed by atoms with Gasteiger partial charge >= 0.3 is 5.97 Å². The predicted octanol–water partition coefficient (Wildman–Crippen LogP) is 2.72. The van der Waals surface area contributed by atoms with Crippen molar-refractivity contribution in [1.82, 2.24) is 5.32 Å². The quantitative estimate of drug-likeness (QED) is 0.580. The summed E-state index contributed by atoms with van der Waals surface area (Å²) in [6.45, 7) is 4.06. The lowest BCUT2D eigenvalue weighted by Gasteiger charge is -2.13. The van der Waals surface area contributed by atoms with Crippen molar-refractivity contribution in [3.8, 4) is 0 Å². The monoisotopic (exact) mass is 243 g/mol. The highest BCUT2D eigenvalue weighted by molar-refractivity contribution is 5.83. The Morgan fingerprint density at radius 3 is 2.24 bits per heavy atom. The Morgan fingerprint density at radius 2 is 1.71 bits per heavy atom. The van der Waals surface area contributed by atoms with E-state index >= 15 is 0 Å². The lowest BCUT2D eigenvalue weighted by Crippen LogP contribution is -2.40. The van der Waals surface area contributed by atoms with Crippen LogP contribution in [0.3, 0.4) is 0 Å². The fraction of sp³-hybridized carbons (Fsp3) is 0.846. The van der Waals surface area contributed by atoms with E-state index in [4.69, 9.17) is 5.11 Å². The van der Waals surface area contributed by atoms with Crippen molar-refractivity contribution in [3.63, 3.8) is 0 Å². The van der Waals surface area contributed by atoms with E-state index in [0.717, 1.165) is 25.7 Å². The van der Waals surface area contributed by atoms with Gasteiger partial charge in [0.05, 0.1) is 0 Å². The van der Waals surface area contributed by atoms with Crippen LogP contribution in [-0.2, 0) is 9.59 Å². The Balaban J connectivity index is 3.71. The number of carboxylic acid groups (broad SMARTS) is 1. The molecule has 0 saturated heterocycles. The zero-order valence-corrected chi connectivity index (χ0v) is 11.0. The summed E-state index contributed by atoms with van der Waals surface area (Å²) in [5, 5.41) is 11.4. The molecule has 1 atom stereocenters. The van der Waals surface area contributed by atoms with Crippen molar-refractivity contribution in [1.29, 1.82) is 0 Å². The number of hydrogen-bond donors (Lipinski definition) is 2. The summed E-state index contributed by atoms with van der Waals surface area (Å²) < 4.78 is 0. The summed E-state index contributed by atoms with van der Waals surface area (Å²) in [5.41, 5.74) is 0. The van der Waals surface area contributed by atoms with Crippen molar-refractivity contribution in [2.75, 3.05) is 0 Å². The fourth-order valence-electron chi connectivity index (χ4n) is 1.70. The lowest BCUT2D eigenvalue weighted by atomic mass is 10.1. The van der Waals surface area contributed by atoms with E-state index in [1.165, 1.54) is 12.8 Å². The average Bonchev–Trinajstić information content (AvgIpc) is 2.28. The summed E-state index contributed by atoms with van der Waals surface area (Å²) in [4.78, 5) is 22.3. The van der Waals surface area contributed by atoms with Gasteiger partial charge in [0.2, 0.25) is 5.91 Å². The molecule has 0 spiro atoms. The molecule has 4 nitrogen and oxygen atoms in total. The first-order valence-electron chi connectivity index (χ1n) is 6.64. The Kier molecular flexibility index (Phi) is 9.49. The second-order valence-electron chi connectivity index (χ2n) is 4.41. The Hall–Kier alpha value is -1.06. The molecule has 0 aromatic carbocycles. The van der Waals surface area contributed by atoms with Crippen LogP contribution in [0, 0.1) is 0 Å². The van der Waals surface area contributed by atoms with Crippen LogP contribution in [0.15, 0.2) is 0 Å². The normalized spacial score (nSPS) is 12.1. The minimum absolute atomic E-state index is 0.137. The second-order valence-corrected chi connectivity index (χ2v) is 4.41. The number of nitrogens with one attached hydrogen (secondary N) is 1. The smallest absolute Gasteiger partial charge is 0.326 e. The SMILES string of the molecule is CCCCCCCC(=O)N[C@H](CCC)C(=O)O. The largest absolute Gasteiger partial charge is 0.480 e. The summed E-state index contributed by atoms with van der Waals surface area (Å²) in [6.07, 6.45) is 7.14. The fourth-order valence-corrected chi connectivity index (χ4v) is 1.70. The molecule has 0 saturated carbocycles. The minimum atomic E-state index is -0.939. The van der Waals surface area contributed by atoms with Crippen molar-refractivity contribution in [2.45, 2.75) is 71.3 Å². The summed E-state index contributed by atoms with van der Waals surface area (Å²) in [5.74, 6) is -1.08. The second kappa shape index (κ2) is 10.1. The zero-order chi connectivity index (χ0) is 13.1. The van der Waals surface area contributed by atoms with Gasteiger partial charge in [-0.2, -0.15) is 0 Å². The van der Waals surface area contributed by atoms with Crippen LogP contribution < -0.4 is 5.32 Å². The first kappa shape index (κ1) is 15.9. The van der Waals surface area contributed by atoms with E-state index in [2.05, 4.69) is 12.2 Å². The van der Waals surface area contributed by atoms with Gasteiger partial charge in [0.15, 0.2) is 0 Å². The number of carbonyl (C=O) groups excluding carboxylic acids is 1. The summed E-state index contributed by atoms with van der Waals surface area (Å²) in [6, 6.07) is -0.719. The number of carbonyl (C=O) groups is 2. The van der Waals surface area contributed by atoms with E-state index in [1.54, 1.807) is 0 Å². The molecular formula is C13H25NO3. The average molecular weight is 243 g/mol. The Labute approximate surface area is 104 Å². The molecule has 0 aromatic heterocycles. The predicted molar refractivity (Wildman–Crippen MR) is 67.9 cm³/mol. The van der Waals surface area contributed by atoms with Gasteiger partial charge in [0.25, 0.3) is 0 Å². The first-order chi connectivity index (χ1) is 8.11. The molecule has 4 heteroatoms. The van der Waals surface area contributed by atoms with Crippen LogP contribution in [0.1, 0.15) is 65.2 Å². The van der Waals surface area contributed by atoms with E-state index in [1.807, 2.05) is 6.92 Å². The molecule has 0 heterocycles. The maximum Gasteiger partial charge on any atom is 0.326 e. The molecule has 1 amide bonds. The molecule has 2 N–H and O–H groups in total.